The van der Waals surface area contributed by atoms with Crippen molar-refractivity contribution in [2.75, 3.05) is 12.4 Å². The van der Waals surface area contributed by atoms with Crippen molar-refractivity contribution in [3.05, 3.63) is 50.5 Å². The van der Waals surface area contributed by atoms with Gasteiger partial charge in [-0.3, -0.25) is 9.78 Å². The molecule has 1 unspecified atom stereocenters. The van der Waals surface area contributed by atoms with Crippen LogP contribution in [-0.4, -0.2) is 23.0 Å². The van der Waals surface area contributed by atoms with E-state index in [1.165, 1.54) is 0 Å². The fourth-order valence-electron chi connectivity index (χ4n) is 2.25. The van der Waals surface area contributed by atoms with Crippen molar-refractivity contribution in [1.29, 1.82) is 0 Å². The summed E-state index contributed by atoms with van der Waals surface area (Å²) in [7, 11) is 1.59. The van der Waals surface area contributed by atoms with Crippen molar-refractivity contribution >= 4 is 24.0 Å². The van der Waals surface area contributed by atoms with Crippen LogP contribution in [0.15, 0.2) is 34.1 Å². The van der Waals surface area contributed by atoms with Crippen LogP contribution in [0.4, 0.5) is 5.82 Å². The summed E-state index contributed by atoms with van der Waals surface area (Å²) in [6.45, 7) is 0. The van der Waals surface area contributed by atoms with Gasteiger partial charge in [-0.2, -0.15) is 0 Å². The number of aliphatic imine (C=N–C) groups is 1. The van der Waals surface area contributed by atoms with Gasteiger partial charge in [0.2, 0.25) is 0 Å². The summed E-state index contributed by atoms with van der Waals surface area (Å²) in [6.07, 6.45) is 0. The van der Waals surface area contributed by atoms with Crippen LogP contribution in [0, 0.1) is 4.77 Å². The Morgan fingerprint density at radius 1 is 1.29 bits per heavy atom. The zero-order valence-corrected chi connectivity index (χ0v) is 12.0. The summed E-state index contributed by atoms with van der Waals surface area (Å²) in [5.74, 6) is 1.42. The molecule has 0 saturated heterocycles. The number of aromatic nitrogens is 2. The molecule has 1 aliphatic heterocycles. The van der Waals surface area contributed by atoms with Crippen molar-refractivity contribution < 1.29 is 4.74 Å². The predicted octanol–water partition coefficient (Wildman–Crippen LogP) is 1.27. The van der Waals surface area contributed by atoms with E-state index in [0.29, 0.717) is 11.4 Å². The van der Waals surface area contributed by atoms with Crippen molar-refractivity contribution in [1.82, 2.24) is 9.97 Å². The van der Waals surface area contributed by atoms with Crippen LogP contribution < -0.4 is 21.3 Å². The number of hydrogen-bond donors (Lipinski definition) is 4. The maximum absolute atomic E-state index is 12.2. The van der Waals surface area contributed by atoms with Gasteiger partial charge in [0.1, 0.15) is 17.6 Å². The van der Waals surface area contributed by atoms with Gasteiger partial charge in [-0.05, 0) is 29.9 Å². The highest BCUT2D eigenvalue weighted by atomic mass is 32.1. The predicted molar refractivity (Wildman–Crippen MR) is 82.3 cm³/mol. The fraction of sp³-hybridized carbons (Fsp3) is 0.154. The summed E-state index contributed by atoms with van der Waals surface area (Å²) in [4.78, 5) is 21.9. The Morgan fingerprint density at radius 3 is 2.67 bits per heavy atom. The van der Waals surface area contributed by atoms with Crippen LogP contribution in [0.2, 0.25) is 0 Å². The van der Waals surface area contributed by atoms with Gasteiger partial charge in [0.15, 0.2) is 10.7 Å². The van der Waals surface area contributed by atoms with E-state index in [2.05, 4.69) is 20.3 Å². The molecule has 2 aromatic rings. The smallest absolute Gasteiger partial charge is 0.259 e. The number of methoxy groups -OCH3 is 1. The average molecular weight is 303 g/mol. The minimum atomic E-state index is -0.497. The molecule has 1 aliphatic rings. The number of anilines is 1. The molecule has 0 aliphatic carbocycles. The zero-order chi connectivity index (χ0) is 15.0. The molecule has 3 rings (SSSR count). The molecule has 8 heteroatoms. The van der Waals surface area contributed by atoms with Gasteiger partial charge < -0.3 is 20.8 Å². The van der Waals surface area contributed by atoms with Crippen molar-refractivity contribution in [3.63, 3.8) is 0 Å². The monoisotopic (exact) mass is 303 g/mol. The van der Waals surface area contributed by atoms with Gasteiger partial charge in [0.25, 0.3) is 5.56 Å². The Morgan fingerprint density at radius 2 is 2.00 bits per heavy atom. The first-order valence-corrected chi connectivity index (χ1v) is 6.60. The molecule has 5 N–H and O–H groups in total. The number of H-pyrrole nitrogens is 2. The number of ether oxygens (including phenoxy) is 1. The lowest BCUT2D eigenvalue weighted by Gasteiger charge is -2.22. The Hall–Kier alpha value is -2.61. The molecule has 0 spiro atoms. The summed E-state index contributed by atoms with van der Waals surface area (Å²) >= 11 is 4.96. The fourth-order valence-corrected chi connectivity index (χ4v) is 2.44. The van der Waals surface area contributed by atoms with Crippen molar-refractivity contribution in [2.45, 2.75) is 6.04 Å². The standard InChI is InChI=1S/C13H13N5O2S/c1-20-7-4-2-6(3-5-7)9-8-10(16-12(14)15-9)17-13(21)18-11(8)19/h2-5,9H,1H3,(H5,14,15,16,17,18,19,21). The van der Waals surface area contributed by atoms with Gasteiger partial charge in [-0.15, -0.1) is 0 Å². The molecular weight excluding hydrogens is 290 g/mol. The van der Waals surface area contributed by atoms with E-state index in [0.717, 1.165) is 11.3 Å². The maximum atomic E-state index is 12.2. The highest BCUT2D eigenvalue weighted by Gasteiger charge is 2.26. The molecule has 0 amide bonds. The first kappa shape index (κ1) is 13.4. The minimum Gasteiger partial charge on any atom is -0.497 e. The summed E-state index contributed by atoms with van der Waals surface area (Å²) < 4.78 is 5.36. The molecule has 7 nitrogen and oxygen atoms in total. The van der Waals surface area contributed by atoms with Crippen LogP contribution in [0.5, 0.6) is 5.75 Å². The second-order valence-electron chi connectivity index (χ2n) is 4.51. The Bertz CT molecular complexity index is 822. The van der Waals surface area contributed by atoms with E-state index in [-0.39, 0.29) is 16.3 Å². The third-order valence-corrected chi connectivity index (χ3v) is 3.41. The number of hydrogen-bond acceptors (Lipinski definition) is 6. The molecule has 0 saturated carbocycles. The number of nitrogens with one attached hydrogen (secondary N) is 3. The average Bonchev–Trinajstić information content (AvgIpc) is 2.45. The second kappa shape index (κ2) is 5.06. The Labute approximate surface area is 124 Å². The van der Waals surface area contributed by atoms with Gasteiger partial charge in [-0.25, -0.2) is 4.99 Å². The summed E-state index contributed by atoms with van der Waals surface area (Å²) in [6, 6.07) is 6.81. The maximum Gasteiger partial charge on any atom is 0.259 e. The number of guanidine groups is 1. The highest BCUT2D eigenvalue weighted by Crippen LogP contribution is 2.31. The van der Waals surface area contributed by atoms with Crippen LogP contribution in [0.1, 0.15) is 17.2 Å². The van der Waals surface area contributed by atoms with Gasteiger partial charge in [0, 0.05) is 0 Å². The van der Waals surface area contributed by atoms with Gasteiger partial charge in [0.05, 0.1) is 12.7 Å². The topological polar surface area (TPSA) is 108 Å². The molecular formula is C13H13N5O2S. The molecule has 108 valence electrons. The number of nitrogens with two attached hydrogens (primary N) is 1. The lowest BCUT2D eigenvalue weighted by atomic mass is 9.99. The zero-order valence-electron chi connectivity index (χ0n) is 11.1. The Kier molecular flexibility index (Phi) is 3.22. The lowest BCUT2D eigenvalue weighted by molar-refractivity contribution is 0.414. The van der Waals surface area contributed by atoms with E-state index in [9.17, 15) is 4.79 Å². The largest absolute Gasteiger partial charge is 0.497 e. The number of fused-ring (bicyclic) bond motifs is 1. The summed E-state index contributed by atoms with van der Waals surface area (Å²) in [5.41, 5.74) is 6.77. The molecule has 1 aromatic carbocycles. The molecule has 1 atom stereocenters. The first-order valence-electron chi connectivity index (χ1n) is 6.19. The Balaban J connectivity index is 2.16. The van der Waals surface area contributed by atoms with Gasteiger partial charge in [-0.1, -0.05) is 12.1 Å². The van der Waals surface area contributed by atoms with Crippen LogP contribution in [0.3, 0.4) is 0 Å². The van der Waals surface area contributed by atoms with Gasteiger partial charge >= 0.3 is 0 Å². The lowest BCUT2D eigenvalue weighted by Crippen LogP contribution is -2.33. The SMILES string of the molecule is COc1ccc(C2N=C(N)Nc3[nH]c(=S)[nH]c(=O)c32)cc1. The molecule has 0 radical (unpaired) electrons. The highest BCUT2D eigenvalue weighted by molar-refractivity contribution is 7.71. The first-order chi connectivity index (χ1) is 10.1. The van der Waals surface area contributed by atoms with E-state index in [4.69, 9.17) is 22.7 Å². The van der Waals surface area contributed by atoms with Crippen LogP contribution in [0.25, 0.3) is 0 Å². The molecule has 21 heavy (non-hydrogen) atoms. The van der Waals surface area contributed by atoms with E-state index >= 15 is 0 Å². The number of benzene rings is 1. The van der Waals surface area contributed by atoms with Crippen LogP contribution in [-0.2, 0) is 0 Å². The minimum absolute atomic E-state index is 0.222. The third kappa shape index (κ3) is 2.40. The number of aromatic amines is 2. The molecule has 1 aromatic heterocycles. The van der Waals surface area contributed by atoms with Crippen LogP contribution >= 0.6 is 12.2 Å². The summed E-state index contributed by atoms with van der Waals surface area (Å²) in [5, 5.41) is 2.82. The third-order valence-electron chi connectivity index (χ3n) is 3.21. The number of rotatable bonds is 2. The van der Waals surface area contributed by atoms with Crippen molar-refractivity contribution in [3.8, 4) is 5.75 Å². The molecule has 0 fully saturated rings. The van der Waals surface area contributed by atoms with Crippen molar-refractivity contribution in [2.24, 2.45) is 10.7 Å². The quantitative estimate of drug-likeness (QED) is 0.625. The van der Waals surface area contributed by atoms with E-state index in [1.807, 2.05) is 24.3 Å². The normalized spacial score (nSPS) is 16.6. The second-order valence-corrected chi connectivity index (χ2v) is 4.92. The molecule has 2 heterocycles. The molecule has 0 bridgehead atoms. The van der Waals surface area contributed by atoms with E-state index in [1.54, 1.807) is 7.11 Å². The van der Waals surface area contributed by atoms with E-state index < -0.39 is 6.04 Å². The number of nitrogens with zero attached hydrogens (tertiary/aromatic N) is 1.